The Balaban J connectivity index is 1.66. The molecule has 1 fully saturated rings. The van der Waals surface area contributed by atoms with E-state index >= 15 is 0 Å². The highest BCUT2D eigenvalue weighted by atomic mass is 32.2. The first-order valence-electron chi connectivity index (χ1n) is 9.47. The summed E-state index contributed by atoms with van der Waals surface area (Å²) in [6.07, 6.45) is 1.74. The first kappa shape index (κ1) is 19.9. The van der Waals surface area contributed by atoms with Crippen molar-refractivity contribution in [3.63, 3.8) is 0 Å². The van der Waals surface area contributed by atoms with E-state index in [2.05, 4.69) is 28.9 Å². The van der Waals surface area contributed by atoms with E-state index in [1.165, 1.54) is 0 Å². The maximum absolute atomic E-state index is 13.1. The third-order valence-corrected chi connectivity index (χ3v) is 5.85. The second kappa shape index (κ2) is 8.89. The minimum atomic E-state index is 0.0774. The van der Waals surface area contributed by atoms with Crippen LogP contribution in [0, 0.1) is 19.8 Å². The fourth-order valence-electron chi connectivity index (χ4n) is 3.34. The highest BCUT2D eigenvalue weighted by Crippen LogP contribution is 2.28. The minimum absolute atomic E-state index is 0.0774. The number of rotatable bonds is 6. The van der Waals surface area contributed by atoms with Gasteiger partial charge in [0.25, 0.3) is 5.91 Å². The van der Waals surface area contributed by atoms with Crippen molar-refractivity contribution in [2.45, 2.75) is 38.5 Å². The van der Waals surface area contributed by atoms with Crippen LogP contribution in [0.1, 0.15) is 41.2 Å². The predicted molar refractivity (Wildman–Crippen MR) is 107 cm³/mol. The van der Waals surface area contributed by atoms with Gasteiger partial charge in [0.05, 0.1) is 11.3 Å². The summed E-state index contributed by atoms with van der Waals surface area (Å²) >= 11 is 1.57. The fraction of sp³-hybridized carbons (Fsp3) is 0.550. The van der Waals surface area contributed by atoms with Gasteiger partial charge in [-0.3, -0.25) is 9.69 Å². The maximum Gasteiger partial charge on any atom is 0.256 e. The Labute approximate surface area is 165 Å². The molecule has 0 spiro atoms. The van der Waals surface area contributed by atoms with E-state index in [9.17, 15) is 4.79 Å². The number of pyridine rings is 1. The number of thioether (sulfide) groups is 1. The lowest BCUT2D eigenvalue weighted by atomic mass is 10.1. The van der Waals surface area contributed by atoms with Crippen LogP contribution < -0.4 is 0 Å². The van der Waals surface area contributed by atoms with Crippen molar-refractivity contribution in [3.05, 3.63) is 40.9 Å². The molecule has 2 aromatic heterocycles. The molecule has 0 bridgehead atoms. The monoisotopic (exact) mass is 388 g/mol. The quantitative estimate of drug-likeness (QED) is 0.707. The van der Waals surface area contributed by atoms with Crippen molar-refractivity contribution in [1.29, 1.82) is 0 Å². The molecule has 1 aliphatic rings. The molecule has 146 valence electrons. The molecule has 0 radical (unpaired) electrons. The molecule has 1 saturated heterocycles. The van der Waals surface area contributed by atoms with Crippen molar-refractivity contribution < 1.29 is 9.32 Å². The summed E-state index contributed by atoms with van der Waals surface area (Å²) in [6.45, 7) is 12.8. The zero-order valence-electron chi connectivity index (χ0n) is 16.6. The molecule has 0 atom stereocenters. The number of hydrogen-bond acceptors (Lipinski definition) is 6. The zero-order chi connectivity index (χ0) is 19.4. The molecule has 0 aliphatic carbocycles. The Morgan fingerprint density at radius 3 is 2.63 bits per heavy atom. The van der Waals surface area contributed by atoms with E-state index in [0.717, 1.165) is 54.8 Å². The molecule has 3 rings (SSSR count). The van der Waals surface area contributed by atoms with Gasteiger partial charge >= 0.3 is 0 Å². The van der Waals surface area contributed by atoms with Crippen LogP contribution in [0.15, 0.2) is 27.9 Å². The first-order valence-corrected chi connectivity index (χ1v) is 10.5. The third kappa shape index (κ3) is 4.90. The second-order valence-electron chi connectivity index (χ2n) is 7.43. The summed E-state index contributed by atoms with van der Waals surface area (Å²) in [5, 5.41) is 4.77. The van der Waals surface area contributed by atoms with Crippen LogP contribution in [-0.4, -0.2) is 58.6 Å². The zero-order valence-corrected chi connectivity index (χ0v) is 17.4. The molecule has 1 aliphatic heterocycles. The summed E-state index contributed by atoms with van der Waals surface area (Å²) < 4.78 is 5.23. The summed E-state index contributed by atoms with van der Waals surface area (Å²) in [6, 6.07) is 3.72. The summed E-state index contributed by atoms with van der Waals surface area (Å²) in [5.41, 5.74) is 2.66. The van der Waals surface area contributed by atoms with Crippen molar-refractivity contribution in [2.24, 2.45) is 5.92 Å². The topological polar surface area (TPSA) is 62.5 Å². The highest BCUT2D eigenvalue weighted by Gasteiger charge is 2.24. The van der Waals surface area contributed by atoms with E-state index in [0.29, 0.717) is 17.2 Å². The summed E-state index contributed by atoms with van der Waals surface area (Å²) in [4.78, 5) is 21.9. The largest absolute Gasteiger partial charge is 0.361 e. The standard InChI is InChI=1S/C20H28N4O2S/c1-14(2)12-23-8-10-24(11-9-23)20(25)17-6-5-7-21-19(17)27-13-18-15(3)22-26-16(18)4/h5-7,14H,8-13H2,1-4H3. The first-order chi connectivity index (χ1) is 13.0. The van der Waals surface area contributed by atoms with E-state index < -0.39 is 0 Å². The summed E-state index contributed by atoms with van der Waals surface area (Å²) in [5.74, 6) is 2.25. The van der Waals surface area contributed by atoms with E-state index in [-0.39, 0.29) is 5.91 Å². The summed E-state index contributed by atoms with van der Waals surface area (Å²) in [7, 11) is 0. The molecule has 0 aromatic carbocycles. The van der Waals surface area contributed by atoms with Crippen LogP contribution in [-0.2, 0) is 5.75 Å². The average molecular weight is 389 g/mol. The van der Waals surface area contributed by atoms with Gasteiger partial charge in [0, 0.05) is 50.2 Å². The highest BCUT2D eigenvalue weighted by molar-refractivity contribution is 7.98. The molecular formula is C20H28N4O2S. The number of hydrogen-bond donors (Lipinski definition) is 0. The average Bonchev–Trinajstić information content (AvgIpc) is 2.98. The Kier molecular flexibility index (Phi) is 6.55. The number of aromatic nitrogens is 2. The minimum Gasteiger partial charge on any atom is -0.361 e. The number of carbonyl (C=O) groups is 1. The van der Waals surface area contributed by atoms with Gasteiger partial charge in [-0.05, 0) is 31.9 Å². The van der Waals surface area contributed by atoms with Gasteiger partial charge in [-0.1, -0.05) is 19.0 Å². The number of piperazine rings is 1. The van der Waals surface area contributed by atoms with Crippen molar-refractivity contribution >= 4 is 17.7 Å². The van der Waals surface area contributed by atoms with Gasteiger partial charge in [0.15, 0.2) is 0 Å². The SMILES string of the molecule is Cc1noc(C)c1CSc1ncccc1C(=O)N1CCN(CC(C)C)CC1. The van der Waals surface area contributed by atoms with Crippen molar-refractivity contribution in [1.82, 2.24) is 19.9 Å². The van der Waals surface area contributed by atoms with Gasteiger partial charge in [0.2, 0.25) is 0 Å². The van der Waals surface area contributed by atoms with Gasteiger partial charge < -0.3 is 9.42 Å². The van der Waals surface area contributed by atoms with Gasteiger partial charge in [0.1, 0.15) is 10.8 Å². The van der Waals surface area contributed by atoms with Crippen LogP contribution in [0.3, 0.4) is 0 Å². The van der Waals surface area contributed by atoms with E-state index in [1.807, 2.05) is 30.9 Å². The van der Waals surface area contributed by atoms with E-state index in [4.69, 9.17) is 4.52 Å². The number of nitrogens with zero attached hydrogens (tertiary/aromatic N) is 4. The Bertz CT molecular complexity index is 763. The third-order valence-electron chi connectivity index (χ3n) is 4.82. The molecule has 6 nitrogen and oxygen atoms in total. The van der Waals surface area contributed by atoms with Crippen LogP contribution in [0.25, 0.3) is 0 Å². The van der Waals surface area contributed by atoms with Crippen LogP contribution in [0.4, 0.5) is 0 Å². The fourth-order valence-corrected chi connectivity index (χ4v) is 4.48. The number of amides is 1. The lowest BCUT2D eigenvalue weighted by Crippen LogP contribution is -2.49. The van der Waals surface area contributed by atoms with Crippen LogP contribution in [0.2, 0.25) is 0 Å². The number of carbonyl (C=O) groups excluding carboxylic acids is 1. The molecule has 27 heavy (non-hydrogen) atoms. The van der Waals surface area contributed by atoms with Gasteiger partial charge in [-0.25, -0.2) is 4.98 Å². The molecule has 0 N–H and O–H groups in total. The van der Waals surface area contributed by atoms with Crippen LogP contribution in [0.5, 0.6) is 0 Å². The van der Waals surface area contributed by atoms with Gasteiger partial charge in [-0.15, -0.1) is 11.8 Å². The van der Waals surface area contributed by atoms with Crippen molar-refractivity contribution in [2.75, 3.05) is 32.7 Å². The normalized spacial score (nSPS) is 15.5. The van der Waals surface area contributed by atoms with Crippen molar-refractivity contribution in [3.8, 4) is 0 Å². The lowest BCUT2D eigenvalue weighted by molar-refractivity contribution is 0.0619. The molecule has 7 heteroatoms. The second-order valence-corrected chi connectivity index (χ2v) is 8.40. The smallest absolute Gasteiger partial charge is 0.256 e. The Morgan fingerprint density at radius 2 is 2.00 bits per heavy atom. The molecule has 0 saturated carbocycles. The van der Waals surface area contributed by atoms with Gasteiger partial charge in [-0.2, -0.15) is 0 Å². The molecule has 3 heterocycles. The van der Waals surface area contributed by atoms with Crippen LogP contribution >= 0.6 is 11.8 Å². The Hall–Kier alpha value is -1.86. The van der Waals surface area contributed by atoms with E-state index in [1.54, 1.807) is 18.0 Å². The molecule has 2 aromatic rings. The maximum atomic E-state index is 13.1. The number of aryl methyl sites for hydroxylation is 2. The lowest BCUT2D eigenvalue weighted by Gasteiger charge is -2.35. The molecular weight excluding hydrogens is 360 g/mol. The predicted octanol–water partition coefficient (Wildman–Crippen LogP) is 3.39. The molecule has 0 unspecified atom stereocenters. The Morgan fingerprint density at radius 1 is 1.26 bits per heavy atom. The molecule has 1 amide bonds.